The second-order valence-corrected chi connectivity index (χ2v) is 7.62. The van der Waals surface area contributed by atoms with Gasteiger partial charge in [-0.15, -0.1) is 0 Å². The Morgan fingerprint density at radius 1 is 1.04 bits per heavy atom. The number of benzene rings is 1. The zero-order chi connectivity index (χ0) is 18.8. The lowest BCUT2D eigenvalue weighted by molar-refractivity contribution is 0.232. The van der Waals surface area contributed by atoms with E-state index in [0.717, 1.165) is 23.7 Å². The molecule has 2 heteroatoms. The zero-order valence-electron chi connectivity index (χ0n) is 17.4. The van der Waals surface area contributed by atoms with E-state index in [1.807, 2.05) is 0 Å². The van der Waals surface area contributed by atoms with Gasteiger partial charge in [-0.2, -0.15) is 0 Å². The number of allylic oxidation sites excluding steroid dienone is 1. The lowest BCUT2D eigenvalue weighted by Gasteiger charge is -2.20. The van der Waals surface area contributed by atoms with E-state index in [9.17, 15) is 0 Å². The maximum absolute atomic E-state index is 6.30. The molecule has 0 saturated heterocycles. The van der Waals surface area contributed by atoms with E-state index < -0.39 is 0 Å². The van der Waals surface area contributed by atoms with Crippen LogP contribution in [-0.2, 0) is 0 Å². The van der Waals surface area contributed by atoms with Gasteiger partial charge in [0, 0.05) is 11.1 Å². The van der Waals surface area contributed by atoms with Crippen molar-refractivity contribution in [2.45, 2.75) is 73.1 Å². The van der Waals surface area contributed by atoms with Gasteiger partial charge >= 0.3 is 0 Å². The summed E-state index contributed by atoms with van der Waals surface area (Å²) in [5.74, 6) is 3.48. The fourth-order valence-electron chi connectivity index (χ4n) is 2.88. The Hall–Kier alpha value is -1.44. The first-order valence-corrected chi connectivity index (χ1v) is 9.95. The van der Waals surface area contributed by atoms with E-state index >= 15 is 0 Å². The fourth-order valence-corrected chi connectivity index (χ4v) is 2.88. The molecule has 1 unspecified atom stereocenters. The van der Waals surface area contributed by atoms with Crippen molar-refractivity contribution in [2.75, 3.05) is 13.7 Å². The quantitative estimate of drug-likeness (QED) is 0.426. The second-order valence-electron chi connectivity index (χ2n) is 7.62. The molecular formula is C23H38O2. The maximum Gasteiger partial charge on any atom is 0.127 e. The molecule has 2 nitrogen and oxygen atoms in total. The predicted molar refractivity (Wildman–Crippen MR) is 110 cm³/mol. The first kappa shape index (κ1) is 21.6. The lowest BCUT2D eigenvalue weighted by atomic mass is 9.98. The van der Waals surface area contributed by atoms with E-state index in [4.69, 9.17) is 9.47 Å². The number of hydrogen-bond donors (Lipinski definition) is 0. The van der Waals surface area contributed by atoms with Crippen LogP contribution in [0.2, 0.25) is 0 Å². The standard InChI is InChI=1S/C23H38O2/c1-8-10-11-19(9-2)16-25-22-15-21(18(5)6)23(24-7)14-20(22)13-12-17(3)4/h12-15,17-19H,8-11,16H2,1-7H3/b13-12+. The Labute approximate surface area is 155 Å². The molecule has 0 radical (unpaired) electrons. The second kappa shape index (κ2) is 11.2. The van der Waals surface area contributed by atoms with Crippen LogP contribution in [0, 0.1) is 11.8 Å². The van der Waals surface area contributed by atoms with Gasteiger partial charge in [0.25, 0.3) is 0 Å². The highest BCUT2D eigenvalue weighted by atomic mass is 16.5. The van der Waals surface area contributed by atoms with Crippen LogP contribution in [0.25, 0.3) is 6.08 Å². The molecular weight excluding hydrogens is 308 g/mol. The molecule has 0 heterocycles. The van der Waals surface area contributed by atoms with Crippen molar-refractivity contribution in [1.82, 2.24) is 0 Å². The molecule has 0 saturated carbocycles. The summed E-state index contributed by atoms with van der Waals surface area (Å²) < 4.78 is 11.9. The third-order valence-corrected chi connectivity index (χ3v) is 4.66. The first-order valence-electron chi connectivity index (χ1n) is 9.95. The molecule has 0 aliphatic rings. The number of unbranched alkanes of at least 4 members (excludes halogenated alkanes) is 1. The van der Waals surface area contributed by atoms with Crippen molar-refractivity contribution in [3.8, 4) is 11.5 Å². The molecule has 25 heavy (non-hydrogen) atoms. The van der Waals surface area contributed by atoms with E-state index in [0.29, 0.717) is 17.8 Å². The fraction of sp³-hybridized carbons (Fsp3) is 0.652. The molecule has 1 aromatic carbocycles. The average Bonchev–Trinajstić information content (AvgIpc) is 2.59. The first-order chi connectivity index (χ1) is 11.9. The van der Waals surface area contributed by atoms with Crippen molar-refractivity contribution >= 4 is 6.08 Å². The molecule has 0 bridgehead atoms. The molecule has 0 spiro atoms. The van der Waals surface area contributed by atoms with Crippen LogP contribution < -0.4 is 9.47 Å². The molecule has 0 aliphatic carbocycles. The Morgan fingerprint density at radius 3 is 2.28 bits per heavy atom. The molecule has 1 aromatic rings. The Bertz CT molecular complexity index is 529. The smallest absolute Gasteiger partial charge is 0.127 e. The minimum Gasteiger partial charge on any atom is -0.496 e. The van der Waals surface area contributed by atoms with Gasteiger partial charge in [-0.1, -0.05) is 73.0 Å². The van der Waals surface area contributed by atoms with Gasteiger partial charge in [0.05, 0.1) is 13.7 Å². The average molecular weight is 347 g/mol. The third kappa shape index (κ3) is 7.13. The van der Waals surface area contributed by atoms with Crippen molar-refractivity contribution < 1.29 is 9.47 Å². The molecule has 1 rings (SSSR count). The van der Waals surface area contributed by atoms with E-state index in [1.54, 1.807) is 7.11 Å². The molecule has 1 atom stereocenters. The largest absolute Gasteiger partial charge is 0.496 e. The SMILES string of the molecule is CCCCC(CC)COc1cc(C(C)C)c(OC)cc1/C=C/C(C)C. The minimum absolute atomic E-state index is 0.405. The summed E-state index contributed by atoms with van der Waals surface area (Å²) in [5, 5.41) is 0. The number of methoxy groups -OCH3 is 1. The maximum atomic E-state index is 6.30. The highest BCUT2D eigenvalue weighted by Crippen LogP contribution is 2.35. The Kier molecular flexibility index (Phi) is 9.70. The molecule has 0 aliphatic heterocycles. The minimum atomic E-state index is 0.405. The number of rotatable bonds is 11. The van der Waals surface area contributed by atoms with Crippen LogP contribution in [0.1, 0.15) is 84.3 Å². The third-order valence-electron chi connectivity index (χ3n) is 4.66. The van der Waals surface area contributed by atoms with E-state index in [1.165, 1.54) is 31.2 Å². The van der Waals surface area contributed by atoms with Crippen LogP contribution in [0.3, 0.4) is 0 Å². The van der Waals surface area contributed by atoms with Gasteiger partial charge in [-0.05, 0) is 36.3 Å². The van der Waals surface area contributed by atoms with Gasteiger partial charge in [-0.3, -0.25) is 0 Å². The predicted octanol–water partition coefficient (Wildman–Crippen LogP) is 7.08. The highest BCUT2D eigenvalue weighted by molar-refractivity contribution is 5.62. The van der Waals surface area contributed by atoms with Crippen molar-refractivity contribution in [1.29, 1.82) is 0 Å². The molecule has 0 amide bonds. The van der Waals surface area contributed by atoms with Crippen LogP contribution in [0.4, 0.5) is 0 Å². The Morgan fingerprint density at radius 2 is 1.76 bits per heavy atom. The number of hydrogen-bond acceptors (Lipinski definition) is 2. The van der Waals surface area contributed by atoms with Crippen LogP contribution >= 0.6 is 0 Å². The molecule has 0 fully saturated rings. The van der Waals surface area contributed by atoms with Gasteiger partial charge in [-0.25, -0.2) is 0 Å². The van der Waals surface area contributed by atoms with Crippen LogP contribution in [0.15, 0.2) is 18.2 Å². The Balaban J connectivity index is 3.09. The van der Waals surface area contributed by atoms with Crippen LogP contribution in [0.5, 0.6) is 11.5 Å². The highest BCUT2D eigenvalue weighted by Gasteiger charge is 2.15. The van der Waals surface area contributed by atoms with E-state index in [2.05, 4.69) is 65.8 Å². The van der Waals surface area contributed by atoms with Gasteiger partial charge in [0.1, 0.15) is 11.5 Å². The molecule has 0 N–H and O–H groups in total. The summed E-state index contributed by atoms with van der Waals surface area (Å²) in [5.41, 5.74) is 2.32. The van der Waals surface area contributed by atoms with E-state index in [-0.39, 0.29) is 0 Å². The molecule has 142 valence electrons. The van der Waals surface area contributed by atoms with Gasteiger partial charge < -0.3 is 9.47 Å². The number of ether oxygens (including phenoxy) is 2. The molecule has 0 aromatic heterocycles. The summed E-state index contributed by atoms with van der Waals surface area (Å²) in [7, 11) is 1.75. The van der Waals surface area contributed by atoms with Crippen molar-refractivity contribution in [2.24, 2.45) is 11.8 Å². The summed E-state index contributed by atoms with van der Waals surface area (Å²) >= 11 is 0. The summed E-state index contributed by atoms with van der Waals surface area (Å²) in [6.45, 7) is 14.1. The normalized spacial score (nSPS) is 13.0. The summed E-state index contributed by atoms with van der Waals surface area (Å²) in [4.78, 5) is 0. The van der Waals surface area contributed by atoms with Crippen molar-refractivity contribution in [3.63, 3.8) is 0 Å². The monoisotopic (exact) mass is 346 g/mol. The van der Waals surface area contributed by atoms with Gasteiger partial charge in [0.15, 0.2) is 0 Å². The van der Waals surface area contributed by atoms with Gasteiger partial charge in [0.2, 0.25) is 0 Å². The summed E-state index contributed by atoms with van der Waals surface area (Å²) in [6, 6.07) is 4.30. The topological polar surface area (TPSA) is 18.5 Å². The summed E-state index contributed by atoms with van der Waals surface area (Å²) in [6.07, 6.45) is 9.33. The zero-order valence-corrected chi connectivity index (χ0v) is 17.4. The lowest BCUT2D eigenvalue weighted by Crippen LogP contribution is -2.12. The van der Waals surface area contributed by atoms with Crippen LogP contribution in [-0.4, -0.2) is 13.7 Å². The van der Waals surface area contributed by atoms with Crippen molar-refractivity contribution in [3.05, 3.63) is 29.3 Å².